The second-order valence-electron chi connectivity index (χ2n) is 5.66. The Hall–Kier alpha value is -2.26. The summed E-state index contributed by atoms with van der Waals surface area (Å²) >= 11 is 0. The van der Waals surface area contributed by atoms with E-state index >= 15 is 0 Å². The zero-order valence-electron chi connectivity index (χ0n) is 12.3. The monoisotopic (exact) mass is 299 g/mol. The first-order valence-corrected chi connectivity index (χ1v) is 7.51. The molecule has 1 aromatic heterocycles. The van der Waals surface area contributed by atoms with Crippen LogP contribution in [-0.4, -0.2) is 32.3 Å². The average molecular weight is 299 g/mol. The summed E-state index contributed by atoms with van der Waals surface area (Å²) in [6.07, 6.45) is 6.65. The molecule has 0 radical (unpaired) electrons. The highest BCUT2D eigenvalue weighted by molar-refractivity contribution is 5.32. The molecule has 0 spiro atoms. The number of likely N-dealkylation sites (tertiary alicyclic amines) is 1. The Morgan fingerprint density at radius 3 is 3.00 bits per heavy atom. The predicted molar refractivity (Wildman–Crippen MR) is 79.2 cm³/mol. The number of nitriles is 1. The van der Waals surface area contributed by atoms with Crippen molar-refractivity contribution in [3.63, 3.8) is 0 Å². The topological polar surface area (TPSA) is 57.7 Å². The summed E-state index contributed by atoms with van der Waals surface area (Å²) in [5, 5.41) is 13.0. The average Bonchev–Trinajstić information content (AvgIpc) is 3.04. The van der Waals surface area contributed by atoms with E-state index in [9.17, 15) is 4.39 Å². The van der Waals surface area contributed by atoms with Crippen LogP contribution in [0.4, 0.5) is 4.39 Å². The molecule has 6 heteroatoms. The first-order chi connectivity index (χ1) is 10.8. The number of aromatic nitrogens is 3. The van der Waals surface area contributed by atoms with Gasteiger partial charge in [0.15, 0.2) is 0 Å². The molecule has 0 aliphatic carbocycles. The molecule has 1 aliphatic rings. The minimum absolute atomic E-state index is 0.302. The summed E-state index contributed by atoms with van der Waals surface area (Å²) in [4.78, 5) is 6.27. The summed E-state index contributed by atoms with van der Waals surface area (Å²) in [6, 6.07) is 7.01. The van der Waals surface area contributed by atoms with Crippen molar-refractivity contribution in [2.45, 2.75) is 38.4 Å². The lowest BCUT2D eigenvalue weighted by atomic mass is 10.0. The van der Waals surface area contributed by atoms with Crippen molar-refractivity contribution >= 4 is 0 Å². The van der Waals surface area contributed by atoms with Gasteiger partial charge in [0.2, 0.25) is 0 Å². The largest absolute Gasteiger partial charge is 0.294 e. The third-order valence-electron chi connectivity index (χ3n) is 4.17. The van der Waals surface area contributed by atoms with Crippen LogP contribution in [-0.2, 0) is 13.1 Å². The van der Waals surface area contributed by atoms with Crippen molar-refractivity contribution < 1.29 is 4.39 Å². The Morgan fingerprint density at radius 1 is 1.36 bits per heavy atom. The van der Waals surface area contributed by atoms with Crippen molar-refractivity contribution in [3.8, 4) is 6.07 Å². The van der Waals surface area contributed by atoms with Gasteiger partial charge in [-0.05, 0) is 31.5 Å². The molecule has 0 saturated carbocycles. The molecule has 2 heterocycles. The molecule has 114 valence electrons. The van der Waals surface area contributed by atoms with Gasteiger partial charge in [0.1, 0.15) is 18.5 Å². The van der Waals surface area contributed by atoms with E-state index in [1.807, 2.05) is 10.8 Å². The van der Waals surface area contributed by atoms with E-state index in [-0.39, 0.29) is 5.82 Å². The Kier molecular flexibility index (Phi) is 4.45. The lowest BCUT2D eigenvalue weighted by Gasteiger charge is -2.35. The van der Waals surface area contributed by atoms with Crippen LogP contribution >= 0.6 is 0 Å². The normalized spacial score (nSPS) is 19.0. The highest BCUT2D eigenvalue weighted by Gasteiger charge is 2.24. The van der Waals surface area contributed by atoms with E-state index in [0.29, 0.717) is 23.7 Å². The first kappa shape index (κ1) is 14.7. The van der Waals surface area contributed by atoms with Crippen LogP contribution in [0.3, 0.4) is 0 Å². The molecule has 0 N–H and O–H groups in total. The minimum atomic E-state index is -0.302. The maximum Gasteiger partial charge on any atom is 0.137 e. The van der Waals surface area contributed by atoms with Gasteiger partial charge >= 0.3 is 0 Å². The molecule has 1 aromatic carbocycles. The van der Waals surface area contributed by atoms with Crippen LogP contribution in [0.2, 0.25) is 0 Å². The van der Waals surface area contributed by atoms with E-state index in [0.717, 1.165) is 25.9 Å². The number of halogens is 1. The zero-order valence-corrected chi connectivity index (χ0v) is 12.3. The molecule has 1 saturated heterocycles. The molecular weight excluding hydrogens is 281 g/mol. The molecule has 2 aromatic rings. The predicted octanol–water partition coefficient (Wildman–Crippen LogP) is 2.34. The highest BCUT2D eigenvalue weighted by Crippen LogP contribution is 2.22. The quantitative estimate of drug-likeness (QED) is 0.869. The molecule has 22 heavy (non-hydrogen) atoms. The standard InChI is InChI=1S/C16H18FN5/c17-16-7-13(8-18)4-5-14(16)9-21-6-2-1-3-15(21)10-22-12-19-11-20-22/h4-5,7,11-12,15H,1-3,6,9-10H2. The Labute approximate surface area is 129 Å². The second kappa shape index (κ2) is 6.67. The van der Waals surface area contributed by atoms with Crippen LogP contribution in [0.15, 0.2) is 30.9 Å². The number of nitrogens with zero attached hydrogens (tertiary/aromatic N) is 5. The lowest BCUT2D eigenvalue weighted by molar-refractivity contribution is 0.120. The van der Waals surface area contributed by atoms with Crippen LogP contribution in [0.25, 0.3) is 0 Å². The number of piperidine rings is 1. The van der Waals surface area contributed by atoms with Crippen LogP contribution in [0.1, 0.15) is 30.4 Å². The highest BCUT2D eigenvalue weighted by atomic mass is 19.1. The molecule has 3 rings (SSSR count). The fourth-order valence-corrected chi connectivity index (χ4v) is 2.98. The summed E-state index contributed by atoms with van der Waals surface area (Å²) < 4.78 is 15.9. The fraction of sp³-hybridized carbons (Fsp3) is 0.438. The van der Waals surface area contributed by atoms with E-state index in [1.54, 1.807) is 18.5 Å². The van der Waals surface area contributed by atoms with Gasteiger partial charge in [-0.1, -0.05) is 12.5 Å². The minimum Gasteiger partial charge on any atom is -0.294 e. The van der Waals surface area contributed by atoms with Gasteiger partial charge in [0.25, 0.3) is 0 Å². The van der Waals surface area contributed by atoms with Crippen molar-refractivity contribution in [1.29, 1.82) is 5.26 Å². The molecule has 0 bridgehead atoms. The zero-order chi connectivity index (χ0) is 15.4. The summed E-state index contributed by atoms with van der Waals surface area (Å²) in [5.74, 6) is -0.302. The maximum atomic E-state index is 14.1. The van der Waals surface area contributed by atoms with Gasteiger partial charge < -0.3 is 0 Å². The Morgan fingerprint density at radius 2 is 2.27 bits per heavy atom. The molecular formula is C16H18FN5. The van der Waals surface area contributed by atoms with Crippen molar-refractivity contribution in [3.05, 3.63) is 47.8 Å². The third-order valence-corrected chi connectivity index (χ3v) is 4.17. The first-order valence-electron chi connectivity index (χ1n) is 7.51. The molecule has 1 unspecified atom stereocenters. The summed E-state index contributed by atoms with van der Waals surface area (Å²) in [6.45, 7) is 2.30. The van der Waals surface area contributed by atoms with E-state index in [2.05, 4.69) is 15.0 Å². The molecule has 1 aliphatic heterocycles. The number of rotatable bonds is 4. The maximum absolute atomic E-state index is 14.1. The van der Waals surface area contributed by atoms with Gasteiger partial charge in [0.05, 0.1) is 18.2 Å². The second-order valence-corrected chi connectivity index (χ2v) is 5.66. The molecule has 1 atom stereocenters. The Bertz CT molecular complexity index is 662. The van der Waals surface area contributed by atoms with Gasteiger partial charge in [0, 0.05) is 18.2 Å². The van der Waals surface area contributed by atoms with Crippen molar-refractivity contribution in [1.82, 2.24) is 19.7 Å². The number of hydrogen-bond acceptors (Lipinski definition) is 4. The van der Waals surface area contributed by atoms with Crippen LogP contribution in [0, 0.1) is 17.1 Å². The van der Waals surface area contributed by atoms with Gasteiger partial charge in [-0.15, -0.1) is 0 Å². The van der Waals surface area contributed by atoms with Crippen LogP contribution in [0.5, 0.6) is 0 Å². The molecule has 1 fully saturated rings. The number of hydrogen-bond donors (Lipinski definition) is 0. The van der Waals surface area contributed by atoms with E-state index in [4.69, 9.17) is 5.26 Å². The van der Waals surface area contributed by atoms with E-state index in [1.165, 1.54) is 18.8 Å². The smallest absolute Gasteiger partial charge is 0.137 e. The lowest BCUT2D eigenvalue weighted by Crippen LogP contribution is -2.41. The van der Waals surface area contributed by atoms with Gasteiger partial charge in [-0.2, -0.15) is 10.4 Å². The van der Waals surface area contributed by atoms with E-state index < -0.39 is 0 Å². The van der Waals surface area contributed by atoms with Crippen LogP contribution < -0.4 is 0 Å². The van der Waals surface area contributed by atoms with Gasteiger partial charge in [-0.3, -0.25) is 9.58 Å². The van der Waals surface area contributed by atoms with Gasteiger partial charge in [-0.25, -0.2) is 9.37 Å². The molecule has 5 nitrogen and oxygen atoms in total. The Balaban J connectivity index is 1.72. The van der Waals surface area contributed by atoms with Crippen molar-refractivity contribution in [2.24, 2.45) is 0 Å². The summed E-state index contributed by atoms with van der Waals surface area (Å²) in [5.41, 5.74) is 1.00. The summed E-state index contributed by atoms with van der Waals surface area (Å²) in [7, 11) is 0. The van der Waals surface area contributed by atoms with Crippen molar-refractivity contribution in [2.75, 3.05) is 6.54 Å². The third kappa shape index (κ3) is 3.31. The fourth-order valence-electron chi connectivity index (χ4n) is 2.98. The molecule has 0 amide bonds. The SMILES string of the molecule is N#Cc1ccc(CN2CCCCC2Cn2cncn2)c(F)c1. The number of benzene rings is 1.